The summed E-state index contributed by atoms with van der Waals surface area (Å²) < 4.78 is 1.44. The highest BCUT2D eigenvalue weighted by molar-refractivity contribution is 5.97. The lowest BCUT2D eigenvalue weighted by atomic mass is 10.2. The molecule has 1 amide bonds. The maximum Gasteiger partial charge on any atom is 0.326 e. The molecule has 0 saturated carbocycles. The molecule has 1 fully saturated rings. The zero-order valence-corrected chi connectivity index (χ0v) is 11.1. The SMILES string of the molecule is O=C(O)[C@@H]1CCCN1C(=O)c1ccnc(-n2cncn2)c1. The van der Waals surface area contributed by atoms with E-state index in [1.54, 1.807) is 12.1 Å². The molecule has 0 bridgehead atoms. The second-order valence-electron chi connectivity index (χ2n) is 4.74. The molecule has 0 aliphatic carbocycles. The number of carboxylic acid groups (broad SMARTS) is 1. The van der Waals surface area contributed by atoms with Crippen molar-refractivity contribution in [3.63, 3.8) is 0 Å². The molecule has 0 radical (unpaired) electrons. The first-order valence-corrected chi connectivity index (χ1v) is 6.51. The van der Waals surface area contributed by atoms with Gasteiger partial charge in [0.1, 0.15) is 18.7 Å². The van der Waals surface area contributed by atoms with Gasteiger partial charge in [-0.3, -0.25) is 4.79 Å². The van der Waals surface area contributed by atoms with Gasteiger partial charge in [-0.25, -0.2) is 19.4 Å². The number of carbonyl (C=O) groups is 2. The predicted octanol–water partition coefficient (Wildman–Crippen LogP) is 0.351. The van der Waals surface area contributed by atoms with Crippen LogP contribution in [-0.2, 0) is 4.79 Å². The number of aliphatic carboxylic acids is 1. The van der Waals surface area contributed by atoms with Gasteiger partial charge < -0.3 is 10.0 Å². The Hall–Kier alpha value is -2.77. The van der Waals surface area contributed by atoms with Crippen LogP contribution in [0.1, 0.15) is 23.2 Å². The van der Waals surface area contributed by atoms with Gasteiger partial charge in [0.05, 0.1) is 0 Å². The van der Waals surface area contributed by atoms with E-state index in [1.165, 1.54) is 28.4 Å². The van der Waals surface area contributed by atoms with E-state index in [-0.39, 0.29) is 5.91 Å². The smallest absolute Gasteiger partial charge is 0.326 e. The number of rotatable bonds is 3. The number of nitrogens with zero attached hydrogens (tertiary/aromatic N) is 5. The van der Waals surface area contributed by atoms with Crippen LogP contribution in [-0.4, -0.2) is 54.2 Å². The standard InChI is InChI=1S/C13H13N5O3/c19-12(17-5-1-2-10(17)13(20)21)9-3-4-15-11(6-9)18-8-14-7-16-18/h3-4,6-8,10H,1-2,5H2,(H,20,21)/t10-/m0/s1. The third kappa shape index (κ3) is 2.47. The number of pyridine rings is 1. The summed E-state index contributed by atoms with van der Waals surface area (Å²) in [5, 5.41) is 13.1. The fourth-order valence-corrected chi connectivity index (χ4v) is 2.44. The number of aromatic nitrogens is 4. The monoisotopic (exact) mass is 287 g/mol. The van der Waals surface area contributed by atoms with Crippen LogP contribution in [0.2, 0.25) is 0 Å². The molecule has 1 atom stereocenters. The van der Waals surface area contributed by atoms with Crippen molar-refractivity contribution in [3.8, 4) is 5.82 Å². The van der Waals surface area contributed by atoms with Crippen molar-refractivity contribution in [1.82, 2.24) is 24.6 Å². The van der Waals surface area contributed by atoms with Gasteiger partial charge in [0, 0.05) is 18.3 Å². The number of carboxylic acids is 1. The minimum absolute atomic E-state index is 0.302. The van der Waals surface area contributed by atoms with Gasteiger partial charge >= 0.3 is 5.97 Å². The average Bonchev–Trinajstić information content (AvgIpc) is 3.17. The molecule has 1 saturated heterocycles. The van der Waals surface area contributed by atoms with Gasteiger partial charge in [-0.1, -0.05) is 0 Å². The summed E-state index contributed by atoms with van der Waals surface area (Å²) in [4.78, 5) is 33.0. The quantitative estimate of drug-likeness (QED) is 0.874. The maximum atomic E-state index is 12.5. The molecule has 2 aromatic heterocycles. The highest BCUT2D eigenvalue weighted by Crippen LogP contribution is 2.20. The van der Waals surface area contributed by atoms with Crippen molar-refractivity contribution < 1.29 is 14.7 Å². The summed E-state index contributed by atoms with van der Waals surface area (Å²) in [7, 11) is 0. The molecule has 21 heavy (non-hydrogen) atoms. The van der Waals surface area contributed by atoms with Crippen LogP contribution in [0, 0.1) is 0 Å². The van der Waals surface area contributed by atoms with Gasteiger partial charge in [-0.15, -0.1) is 0 Å². The molecule has 1 aliphatic rings. The minimum Gasteiger partial charge on any atom is -0.480 e. The van der Waals surface area contributed by atoms with Crippen molar-refractivity contribution in [2.45, 2.75) is 18.9 Å². The Balaban J connectivity index is 1.88. The number of likely N-dealkylation sites (tertiary alicyclic amines) is 1. The predicted molar refractivity (Wildman–Crippen MR) is 70.8 cm³/mol. The number of carbonyl (C=O) groups excluding carboxylic acids is 1. The molecule has 1 N–H and O–H groups in total. The van der Waals surface area contributed by atoms with Gasteiger partial charge in [0.25, 0.3) is 5.91 Å². The topological polar surface area (TPSA) is 101 Å². The third-order valence-electron chi connectivity index (χ3n) is 3.44. The molecule has 0 unspecified atom stereocenters. The number of hydrogen-bond acceptors (Lipinski definition) is 5. The van der Waals surface area contributed by atoms with Crippen LogP contribution in [0.3, 0.4) is 0 Å². The zero-order chi connectivity index (χ0) is 14.8. The fourth-order valence-electron chi connectivity index (χ4n) is 2.44. The molecule has 8 heteroatoms. The molecule has 0 spiro atoms. The van der Waals surface area contributed by atoms with E-state index in [0.717, 1.165) is 0 Å². The van der Waals surface area contributed by atoms with Gasteiger partial charge in [-0.05, 0) is 25.0 Å². The van der Waals surface area contributed by atoms with Crippen LogP contribution >= 0.6 is 0 Å². The Kier molecular flexibility index (Phi) is 3.35. The number of hydrogen-bond donors (Lipinski definition) is 1. The Labute approximate surface area is 120 Å². The van der Waals surface area contributed by atoms with Crippen molar-refractivity contribution in [2.75, 3.05) is 6.54 Å². The summed E-state index contributed by atoms with van der Waals surface area (Å²) in [5.41, 5.74) is 0.392. The van der Waals surface area contributed by atoms with Crippen LogP contribution in [0.5, 0.6) is 0 Å². The first-order valence-electron chi connectivity index (χ1n) is 6.51. The Morgan fingerprint density at radius 2 is 2.24 bits per heavy atom. The molecule has 0 aromatic carbocycles. The lowest BCUT2D eigenvalue weighted by Crippen LogP contribution is -2.40. The maximum absolute atomic E-state index is 12.5. The highest BCUT2D eigenvalue weighted by Gasteiger charge is 2.34. The lowest BCUT2D eigenvalue weighted by Gasteiger charge is -2.21. The normalized spacial score (nSPS) is 17.9. The highest BCUT2D eigenvalue weighted by atomic mass is 16.4. The minimum atomic E-state index is -0.966. The van der Waals surface area contributed by atoms with E-state index in [2.05, 4.69) is 15.1 Å². The zero-order valence-electron chi connectivity index (χ0n) is 11.1. The van der Waals surface area contributed by atoms with E-state index in [0.29, 0.717) is 30.8 Å². The molecule has 108 valence electrons. The van der Waals surface area contributed by atoms with Gasteiger partial charge in [0.2, 0.25) is 0 Å². The second-order valence-corrected chi connectivity index (χ2v) is 4.74. The summed E-state index contributed by atoms with van der Waals surface area (Å²) in [6.45, 7) is 0.455. The van der Waals surface area contributed by atoms with Crippen molar-refractivity contribution in [2.24, 2.45) is 0 Å². The van der Waals surface area contributed by atoms with Crippen molar-refractivity contribution in [3.05, 3.63) is 36.5 Å². The van der Waals surface area contributed by atoms with E-state index in [4.69, 9.17) is 5.11 Å². The fraction of sp³-hybridized carbons (Fsp3) is 0.308. The van der Waals surface area contributed by atoms with Crippen LogP contribution < -0.4 is 0 Å². The van der Waals surface area contributed by atoms with Crippen LogP contribution in [0.25, 0.3) is 5.82 Å². The van der Waals surface area contributed by atoms with E-state index in [1.807, 2.05) is 0 Å². The first-order chi connectivity index (χ1) is 10.2. The van der Waals surface area contributed by atoms with Crippen molar-refractivity contribution in [1.29, 1.82) is 0 Å². The molecule has 2 aromatic rings. The molecular weight excluding hydrogens is 274 g/mol. The molecule has 3 heterocycles. The van der Waals surface area contributed by atoms with E-state index < -0.39 is 12.0 Å². The molecule has 3 rings (SSSR count). The Morgan fingerprint density at radius 3 is 2.95 bits per heavy atom. The summed E-state index contributed by atoms with van der Waals surface area (Å²) in [5.74, 6) is -0.806. The van der Waals surface area contributed by atoms with Crippen LogP contribution in [0.4, 0.5) is 0 Å². The van der Waals surface area contributed by atoms with E-state index in [9.17, 15) is 9.59 Å². The van der Waals surface area contributed by atoms with Gasteiger partial charge in [-0.2, -0.15) is 5.10 Å². The van der Waals surface area contributed by atoms with Crippen molar-refractivity contribution >= 4 is 11.9 Å². The second kappa shape index (κ2) is 5.31. The number of amides is 1. The Bertz CT molecular complexity index is 670. The molecule has 1 aliphatic heterocycles. The summed E-state index contributed by atoms with van der Waals surface area (Å²) in [6.07, 6.45) is 5.53. The third-order valence-corrected chi connectivity index (χ3v) is 3.44. The summed E-state index contributed by atoms with van der Waals surface area (Å²) >= 11 is 0. The van der Waals surface area contributed by atoms with Gasteiger partial charge in [0.15, 0.2) is 5.82 Å². The molecular formula is C13H13N5O3. The lowest BCUT2D eigenvalue weighted by molar-refractivity contribution is -0.141. The summed E-state index contributed by atoms with van der Waals surface area (Å²) in [6, 6.07) is 2.40. The molecule has 8 nitrogen and oxygen atoms in total. The van der Waals surface area contributed by atoms with Crippen LogP contribution in [0.15, 0.2) is 31.0 Å². The Morgan fingerprint density at radius 1 is 1.38 bits per heavy atom. The largest absolute Gasteiger partial charge is 0.480 e. The van der Waals surface area contributed by atoms with E-state index >= 15 is 0 Å². The first kappa shape index (κ1) is 13.2. The average molecular weight is 287 g/mol.